The molecule has 5 nitrogen and oxygen atoms in total. The van der Waals surface area contributed by atoms with Gasteiger partial charge in [0.05, 0.1) is 11.5 Å². The van der Waals surface area contributed by atoms with E-state index in [9.17, 15) is 8.42 Å². The van der Waals surface area contributed by atoms with E-state index in [0.717, 1.165) is 22.0 Å². The van der Waals surface area contributed by atoms with E-state index in [1.807, 2.05) is 50.2 Å². The fourth-order valence-electron chi connectivity index (χ4n) is 2.62. The molecule has 2 aromatic carbocycles. The van der Waals surface area contributed by atoms with Gasteiger partial charge in [-0.15, -0.1) is 0 Å². The molecule has 0 aliphatic heterocycles. The maximum atomic E-state index is 12.3. The molecule has 0 saturated carbocycles. The number of nitrogens with one attached hydrogen (secondary N) is 1. The molecule has 1 N–H and O–H groups in total. The largest absolute Gasteiger partial charge is 0.491 e. The van der Waals surface area contributed by atoms with E-state index in [1.165, 1.54) is 0 Å². The Kier molecular flexibility index (Phi) is 5.54. The van der Waals surface area contributed by atoms with Crippen LogP contribution in [0.1, 0.15) is 17.5 Å². The van der Waals surface area contributed by atoms with Crippen molar-refractivity contribution in [2.45, 2.75) is 25.2 Å². The third-order valence-corrected chi connectivity index (χ3v) is 5.71. The number of nitrogens with zero attached hydrogens (tertiary/aromatic N) is 1. The molecule has 0 saturated heterocycles. The minimum absolute atomic E-state index is 0.291. The minimum atomic E-state index is -3.50. The fourth-order valence-corrected chi connectivity index (χ4v) is 3.78. The van der Waals surface area contributed by atoms with Crippen LogP contribution in [0.15, 0.2) is 59.6 Å². The van der Waals surface area contributed by atoms with E-state index in [2.05, 4.69) is 9.71 Å². The average molecular weight is 370 g/mol. The standard InChI is InChI=1S/C20H22N2O3S/c1-15-9-10-18(14-16(15)2)26(23,24)22-12-5-13-25-19-8-3-6-17-7-4-11-21-20(17)19/h3-4,6-11,14,22H,5,12-13H2,1-2H3. The highest BCUT2D eigenvalue weighted by molar-refractivity contribution is 7.89. The first-order chi connectivity index (χ1) is 12.5. The smallest absolute Gasteiger partial charge is 0.240 e. The number of hydrogen-bond donors (Lipinski definition) is 1. The third-order valence-electron chi connectivity index (χ3n) is 4.26. The predicted octanol–water partition coefficient (Wildman–Crippen LogP) is 3.60. The normalized spacial score (nSPS) is 11.6. The van der Waals surface area contributed by atoms with E-state index in [0.29, 0.717) is 30.2 Å². The molecule has 0 aliphatic rings. The molecule has 3 aromatic rings. The summed E-state index contributed by atoms with van der Waals surface area (Å²) in [4.78, 5) is 4.63. The third kappa shape index (κ3) is 4.20. The zero-order valence-corrected chi connectivity index (χ0v) is 15.7. The summed E-state index contributed by atoms with van der Waals surface area (Å²) < 4.78 is 33.1. The number of aromatic nitrogens is 1. The molecule has 26 heavy (non-hydrogen) atoms. The van der Waals surface area contributed by atoms with Crippen molar-refractivity contribution in [1.82, 2.24) is 9.71 Å². The van der Waals surface area contributed by atoms with Crippen LogP contribution >= 0.6 is 0 Å². The Morgan fingerprint density at radius 3 is 2.65 bits per heavy atom. The maximum Gasteiger partial charge on any atom is 0.240 e. The molecule has 0 unspecified atom stereocenters. The van der Waals surface area contributed by atoms with Crippen LogP contribution in [0.2, 0.25) is 0 Å². The Hall–Kier alpha value is -2.44. The van der Waals surface area contributed by atoms with Gasteiger partial charge in [-0.1, -0.05) is 24.3 Å². The van der Waals surface area contributed by atoms with E-state index in [-0.39, 0.29) is 0 Å². The second-order valence-corrected chi connectivity index (χ2v) is 7.94. The van der Waals surface area contributed by atoms with Gasteiger partial charge in [-0.3, -0.25) is 4.98 Å². The van der Waals surface area contributed by atoms with Crippen LogP contribution < -0.4 is 9.46 Å². The number of sulfonamides is 1. The molecule has 0 bridgehead atoms. The lowest BCUT2D eigenvalue weighted by molar-refractivity contribution is 0.314. The molecule has 0 atom stereocenters. The van der Waals surface area contributed by atoms with Crippen molar-refractivity contribution in [3.63, 3.8) is 0 Å². The molecule has 1 aromatic heterocycles. The zero-order valence-electron chi connectivity index (χ0n) is 14.9. The predicted molar refractivity (Wildman–Crippen MR) is 103 cm³/mol. The van der Waals surface area contributed by atoms with Gasteiger partial charge >= 0.3 is 0 Å². The SMILES string of the molecule is Cc1ccc(S(=O)(=O)NCCCOc2cccc3cccnc23)cc1C. The first-order valence-electron chi connectivity index (χ1n) is 8.51. The maximum absolute atomic E-state index is 12.3. The summed E-state index contributed by atoms with van der Waals surface area (Å²) in [6.07, 6.45) is 2.29. The van der Waals surface area contributed by atoms with E-state index >= 15 is 0 Å². The Labute approximate surface area is 154 Å². The van der Waals surface area contributed by atoms with Gasteiger partial charge in [0.25, 0.3) is 0 Å². The van der Waals surface area contributed by atoms with Gasteiger partial charge in [-0.25, -0.2) is 13.1 Å². The molecule has 0 radical (unpaired) electrons. The number of rotatable bonds is 7. The molecular weight excluding hydrogens is 348 g/mol. The number of benzene rings is 2. The van der Waals surface area contributed by atoms with Crippen molar-refractivity contribution in [2.75, 3.05) is 13.2 Å². The number of hydrogen-bond acceptors (Lipinski definition) is 4. The molecule has 0 fully saturated rings. The Bertz CT molecular complexity index is 1010. The summed E-state index contributed by atoms with van der Waals surface area (Å²) in [5.74, 6) is 0.708. The topological polar surface area (TPSA) is 68.3 Å². The van der Waals surface area contributed by atoms with Crippen molar-refractivity contribution in [2.24, 2.45) is 0 Å². The van der Waals surface area contributed by atoms with Gasteiger partial charge in [-0.05, 0) is 55.7 Å². The summed E-state index contributed by atoms with van der Waals surface area (Å²) >= 11 is 0. The Morgan fingerprint density at radius 1 is 1.04 bits per heavy atom. The van der Waals surface area contributed by atoms with Crippen LogP contribution in [0.3, 0.4) is 0 Å². The van der Waals surface area contributed by atoms with Crippen molar-refractivity contribution >= 4 is 20.9 Å². The zero-order chi connectivity index (χ0) is 18.6. The lowest BCUT2D eigenvalue weighted by Crippen LogP contribution is -2.26. The van der Waals surface area contributed by atoms with Gasteiger partial charge < -0.3 is 4.74 Å². The number of pyridine rings is 1. The molecule has 136 valence electrons. The van der Waals surface area contributed by atoms with Gasteiger partial charge in [0.15, 0.2) is 0 Å². The molecule has 0 spiro atoms. The number of para-hydroxylation sites is 1. The summed E-state index contributed by atoms with van der Waals surface area (Å²) in [6.45, 7) is 4.58. The Balaban J connectivity index is 1.54. The lowest BCUT2D eigenvalue weighted by Gasteiger charge is -2.10. The van der Waals surface area contributed by atoms with Crippen molar-refractivity contribution in [3.8, 4) is 5.75 Å². The summed E-state index contributed by atoms with van der Waals surface area (Å²) in [7, 11) is -3.50. The van der Waals surface area contributed by atoms with Crippen LogP contribution in [-0.4, -0.2) is 26.6 Å². The van der Waals surface area contributed by atoms with Crippen molar-refractivity contribution < 1.29 is 13.2 Å². The summed E-state index contributed by atoms with van der Waals surface area (Å²) in [5, 5.41) is 1.01. The highest BCUT2D eigenvalue weighted by Gasteiger charge is 2.13. The highest BCUT2D eigenvalue weighted by atomic mass is 32.2. The quantitative estimate of drug-likeness (QED) is 0.645. The van der Waals surface area contributed by atoms with Crippen molar-refractivity contribution in [3.05, 3.63) is 65.9 Å². The Morgan fingerprint density at radius 2 is 1.85 bits per heavy atom. The highest BCUT2D eigenvalue weighted by Crippen LogP contribution is 2.23. The van der Waals surface area contributed by atoms with Crippen LogP contribution in [0, 0.1) is 13.8 Å². The lowest BCUT2D eigenvalue weighted by atomic mass is 10.1. The van der Waals surface area contributed by atoms with Crippen LogP contribution in [-0.2, 0) is 10.0 Å². The second-order valence-electron chi connectivity index (χ2n) is 6.18. The summed E-state index contributed by atoms with van der Waals surface area (Å²) in [5.41, 5.74) is 2.84. The number of fused-ring (bicyclic) bond motifs is 1. The van der Waals surface area contributed by atoms with Crippen molar-refractivity contribution in [1.29, 1.82) is 0 Å². The minimum Gasteiger partial charge on any atom is -0.491 e. The number of aryl methyl sites for hydroxylation is 2. The molecule has 6 heteroatoms. The average Bonchev–Trinajstić information content (AvgIpc) is 2.63. The van der Waals surface area contributed by atoms with Crippen LogP contribution in [0.25, 0.3) is 10.9 Å². The van der Waals surface area contributed by atoms with E-state index in [4.69, 9.17) is 4.74 Å². The van der Waals surface area contributed by atoms with Crippen LogP contribution in [0.5, 0.6) is 5.75 Å². The molecule has 1 heterocycles. The van der Waals surface area contributed by atoms with Gasteiger partial charge in [0.2, 0.25) is 10.0 Å². The van der Waals surface area contributed by atoms with Crippen LogP contribution in [0.4, 0.5) is 0 Å². The van der Waals surface area contributed by atoms with Gasteiger partial charge in [0, 0.05) is 18.1 Å². The molecular formula is C20H22N2O3S. The van der Waals surface area contributed by atoms with E-state index < -0.39 is 10.0 Å². The molecule has 3 rings (SSSR count). The monoisotopic (exact) mass is 370 g/mol. The first-order valence-corrected chi connectivity index (χ1v) is 9.99. The summed E-state index contributed by atoms with van der Waals surface area (Å²) in [6, 6.07) is 14.8. The molecule has 0 amide bonds. The fraction of sp³-hybridized carbons (Fsp3) is 0.250. The van der Waals surface area contributed by atoms with Gasteiger partial charge in [0.1, 0.15) is 11.3 Å². The first kappa shape index (κ1) is 18.4. The second kappa shape index (κ2) is 7.85. The number of ether oxygens (including phenoxy) is 1. The van der Waals surface area contributed by atoms with E-state index in [1.54, 1.807) is 18.3 Å². The molecule has 0 aliphatic carbocycles. The van der Waals surface area contributed by atoms with Gasteiger partial charge in [-0.2, -0.15) is 0 Å².